The van der Waals surface area contributed by atoms with Gasteiger partial charge in [0.1, 0.15) is 5.78 Å². The van der Waals surface area contributed by atoms with Gasteiger partial charge in [-0.25, -0.2) is 0 Å². The normalized spacial score (nSPS) is 10.4. The summed E-state index contributed by atoms with van der Waals surface area (Å²) in [4.78, 5) is 25.8. The van der Waals surface area contributed by atoms with Crippen LogP contribution in [-0.4, -0.2) is 20.8 Å². The molecule has 20 heavy (non-hydrogen) atoms. The highest BCUT2D eigenvalue weighted by Crippen LogP contribution is 2.21. The third-order valence-electron chi connectivity index (χ3n) is 2.66. The topological polar surface area (TPSA) is 99.1 Å². The molecular formula is C13H13N3O4. The van der Waals surface area contributed by atoms with E-state index in [0.29, 0.717) is 12.0 Å². The molecule has 0 saturated carbocycles. The van der Waals surface area contributed by atoms with Crippen molar-refractivity contribution in [1.82, 2.24) is 10.1 Å². The lowest BCUT2D eigenvalue weighted by Crippen LogP contribution is -2.01. The SMILES string of the molecule is CCCC(=O)Cc1nc(-c2cccc([N+](=O)[O-])c2)no1. The van der Waals surface area contributed by atoms with Crippen LogP contribution in [0.5, 0.6) is 0 Å². The van der Waals surface area contributed by atoms with Crippen molar-refractivity contribution in [3.63, 3.8) is 0 Å². The number of hydrogen-bond donors (Lipinski definition) is 0. The Morgan fingerprint density at radius 2 is 2.25 bits per heavy atom. The van der Waals surface area contributed by atoms with Gasteiger partial charge >= 0.3 is 0 Å². The quantitative estimate of drug-likeness (QED) is 0.593. The van der Waals surface area contributed by atoms with Gasteiger partial charge in [-0.1, -0.05) is 24.2 Å². The highest BCUT2D eigenvalue weighted by atomic mass is 16.6. The molecule has 1 heterocycles. The maximum absolute atomic E-state index is 11.5. The Morgan fingerprint density at radius 1 is 1.45 bits per heavy atom. The highest BCUT2D eigenvalue weighted by Gasteiger charge is 2.14. The molecule has 0 atom stereocenters. The van der Waals surface area contributed by atoms with E-state index in [4.69, 9.17) is 4.52 Å². The highest BCUT2D eigenvalue weighted by molar-refractivity contribution is 5.79. The Balaban J connectivity index is 2.18. The van der Waals surface area contributed by atoms with Gasteiger partial charge in [-0.2, -0.15) is 4.98 Å². The fourth-order valence-electron chi connectivity index (χ4n) is 1.74. The first kappa shape index (κ1) is 13.9. The first-order valence-corrected chi connectivity index (χ1v) is 6.19. The molecule has 104 valence electrons. The van der Waals surface area contributed by atoms with E-state index in [9.17, 15) is 14.9 Å². The van der Waals surface area contributed by atoms with Crippen LogP contribution in [-0.2, 0) is 11.2 Å². The molecular weight excluding hydrogens is 262 g/mol. The molecule has 2 rings (SSSR count). The minimum atomic E-state index is -0.491. The number of hydrogen-bond acceptors (Lipinski definition) is 6. The Morgan fingerprint density at radius 3 is 2.95 bits per heavy atom. The number of non-ortho nitro benzene ring substituents is 1. The summed E-state index contributed by atoms with van der Waals surface area (Å²) in [7, 11) is 0. The molecule has 0 aliphatic carbocycles. The first-order chi connectivity index (χ1) is 9.60. The lowest BCUT2D eigenvalue weighted by Gasteiger charge is -1.94. The Kier molecular flexibility index (Phi) is 4.19. The average molecular weight is 275 g/mol. The van der Waals surface area contributed by atoms with Crippen LogP contribution >= 0.6 is 0 Å². The van der Waals surface area contributed by atoms with E-state index in [1.165, 1.54) is 12.1 Å². The van der Waals surface area contributed by atoms with Gasteiger partial charge in [0.15, 0.2) is 0 Å². The van der Waals surface area contributed by atoms with Gasteiger partial charge in [-0.05, 0) is 6.42 Å². The number of nitrogens with zero attached hydrogens (tertiary/aromatic N) is 3. The zero-order valence-corrected chi connectivity index (χ0v) is 10.9. The standard InChI is InChI=1S/C13H13N3O4/c1-2-4-11(17)8-12-14-13(15-20-12)9-5-3-6-10(7-9)16(18)19/h3,5-7H,2,4,8H2,1H3. The number of carbonyl (C=O) groups excluding carboxylic acids is 1. The maximum Gasteiger partial charge on any atom is 0.270 e. The number of nitro benzene ring substituents is 1. The van der Waals surface area contributed by atoms with Crippen LogP contribution in [0.15, 0.2) is 28.8 Å². The van der Waals surface area contributed by atoms with Gasteiger partial charge in [0.2, 0.25) is 11.7 Å². The Hall–Kier alpha value is -2.57. The summed E-state index contributed by atoms with van der Waals surface area (Å²) in [6.45, 7) is 1.92. The lowest BCUT2D eigenvalue weighted by molar-refractivity contribution is -0.384. The molecule has 0 radical (unpaired) electrons. The molecule has 0 spiro atoms. The third kappa shape index (κ3) is 3.25. The third-order valence-corrected chi connectivity index (χ3v) is 2.66. The van der Waals surface area contributed by atoms with Gasteiger partial charge in [-0.3, -0.25) is 14.9 Å². The number of Topliss-reactive ketones (excluding diaryl/α,β-unsaturated/α-hetero) is 1. The van der Waals surface area contributed by atoms with Crippen molar-refractivity contribution in [2.45, 2.75) is 26.2 Å². The van der Waals surface area contributed by atoms with Gasteiger partial charge in [-0.15, -0.1) is 0 Å². The van der Waals surface area contributed by atoms with Crippen LogP contribution < -0.4 is 0 Å². The first-order valence-electron chi connectivity index (χ1n) is 6.19. The average Bonchev–Trinajstić information content (AvgIpc) is 2.87. The predicted molar refractivity (Wildman–Crippen MR) is 70.0 cm³/mol. The van der Waals surface area contributed by atoms with E-state index in [2.05, 4.69) is 10.1 Å². The number of rotatable bonds is 6. The summed E-state index contributed by atoms with van der Waals surface area (Å²) in [6.07, 6.45) is 1.33. The summed E-state index contributed by atoms with van der Waals surface area (Å²) < 4.78 is 4.98. The van der Waals surface area contributed by atoms with Crippen LogP contribution in [0.2, 0.25) is 0 Å². The van der Waals surface area contributed by atoms with E-state index >= 15 is 0 Å². The molecule has 0 saturated heterocycles. The van der Waals surface area contributed by atoms with Crippen LogP contribution in [0.3, 0.4) is 0 Å². The summed E-state index contributed by atoms with van der Waals surface area (Å²) in [5.41, 5.74) is 0.438. The number of ketones is 1. The molecule has 7 heteroatoms. The minimum Gasteiger partial charge on any atom is -0.339 e. The zero-order valence-electron chi connectivity index (χ0n) is 10.9. The molecule has 1 aromatic heterocycles. The molecule has 0 bridgehead atoms. The van der Waals surface area contributed by atoms with Crippen molar-refractivity contribution in [1.29, 1.82) is 0 Å². The van der Waals surface area contributed by atoms with Gasteiger partial charge < -0.3 is 4.52 Å². The minimum absolute atomic E-state index is 0.0294. The van der Waals surface area contributed by atoms with Gasteiger partial charge in [0.05, 0.1) is 11.3 Å². The second kappa shape index (κ2) is 6.05. The van der Waals surface area contributed by atoms with Crippen LogP contribution in [0.4, 0.5) is 5.69 Å². The van der Waals surface area contributed by atoms with Crippen molar-refractivity contribution >= 4 is 11.5 Å². The summed E-state index contributed by atoms with van der Waals surface area (Å²) in [5.74, 6) is 0.500. The van der Waals surface area contributed by atoms with E-state index in [-0.39, 0.29) is 29.6 Å². The number of carbonyl (C=O) groups is 1. The molecule has 2 aromatic rings. The van der Waals surface area contributed by atoms with Crippen LogP contribution in [0.1, 0.15) is 25.7 Å². The number of nitro groups is 1. The predicted octanol–water partition coefficient (Wildman–Crippen LogP) is 2.56. The monoisotopic (exact) mass is 275 g/mol. The van der Waals surface area contributed by atoms with Crippen molar-refractivity contribution in [2.24, 2.45) is 0 Å². The van der Waals surface area contributed by atoms with E-state index in [0.717, 1.165) is 6.42 Å². The molecule has 7 nitrogen and oxygen atoms in total. The maximum atomic E-state index is 11.5. The molecule has 0 fully saturated rings. The molecule has 0 aliphatic heterocycles. The zero-order chi connectivity index (χ0) is 14.5. The number of benzene rings is 1. The summed E-state index contributed by atoms with van der Waals surface area (Å²) >= 11 is 0. The molecule has 0 unspecified atom stereocenters. The van der Waals surface area contributed by atoms with E-state index < -0.39 is 4.92 Å². The molecule has 1 aromatic carbocycles. The summed E-state index contributed by atoms with van der Waals surface area (Å²) in [6, 6.07) is 5.94. The Labute approximate surface area is 114 Å². The second-order valence-corrected chi connectivity index (χ2v) is 4.28. The van der Waals surface area contributed by atoms with Crippen molar-refractivity contribution in [3.8, 4) is 11.4 Å². The smallest absolute Gasteiger partial charge is 0.270 e. The van der Waals surface area contributed by atoms with Crippen molar-refractivity contribution in [2.75, 3.05) is 0 Å². The largest absolute Gasteiger partial charge is 0.339 e. The Bertz CT molecular complexity index is 636. The van der Waals surface area contributed by atoms with Gasteiger partial charge in [0.25, 0.3) is 5.69 Å². The molecule has 0 aliphatic rings. The molecule has 0 amide bonds. The van der Waals surface area contributed by atoms with Crippen molar-refractivity contribution in [3.05, 3.63) is 40.3 Å². The second-order valence-electron chi connectivity index (χ2n) is 4.28. The fourth-order valence-corrected chi connectivity index (χ4v) is 1.74. The molecule has 0 N–H and O–H groups in total. The van der Waals surface area contributed by atoms with Crippen LogP contribution in [0.25, 0.3) is 11.4 Å². The van der Waals surface area contributed by atoms with Crippen molar-refractivity contribution < 1.29 is 14.2 Å². The number of aromatic nitrogens is 2. The van der Waals surface area contributed by atoms with Gasteiger partial charge in [0, 0.05) is 24.1 Å². The van der Waals surface area contributed by atoms with E-state index in [1.807, 2.05) is 6.92 Å². The van der Waals surface area contributed by atoms with Crippen LogP contribution in [0, 0.1) is 10.1 Å². The fraction of sp³-hybridized carbons (Fsp3) is 0.308. The lowest BCUT2D eigenvalue weighted by atomic mass is 10.2. The van der Waals surface area contributed by atoms with E-state index in [1.54, 1.807) is 12.1 Å². The summed E-state index contributed by atoms with van der Waals surface area (Å²) in [5, 5.41) is 14.4.